The number of nitrogens with one attached hydrogen (secondary N) is 1. The van der Waals surface area contributed by atoms with Crippen LogP contribution in [-0.2, 0) is 9.59 Å². The van der Waals surface area contributed by atoms with Gasteiger partial charge in [0.15, 0.2) is 0 Å². The zero-order valence-corrected chi connectivity index (χ0v) is 24.2. The Hall–Kier alpha value is -4.59. The number of hydrogen-bond donors (Lipinski definition) is 2. The molecule has 0 saturated carbocycles. The van der Waals surface area contributed by atoms with Gasteiger partial charge >= 0.3 is 5.91 Å². The largest absolute Gasteiger partial charge is 0.507 e. The number of aryl methyl sites for hydroxylation is 1. The van der Waals surface area contributed by atoms with Gasteiger partial charge < -0.3 is 19.6 Å². The summed E-state index contributed by atoms with van der Waals surface area (Å²) in [6.07, 6.45) is -0.0136. The summed E-state index contributed by atoms with van der Waals surface area (Å²) < 4.78 is 11.6. The number of imidazole rings is 1. The molecule has 1 aromatic heterocycles. The van der Waals surface area contributed by atoms with Crippen molar-refractivity contribution in [3.05, 3.63) is 88.5 Å². The van der Waals surface area contributed by atoms with E-state index in [1.54, 1.807) is 36.4 Å². The Bertz CT molecular complexity index is 1650. The second-order valence-electron chi connectivity index (χ2n) is 10.8. The Morgan fingerprint density at radius 1 is 1.02 bits per heavy atom. The Kier molecular flexibility index (Phi) is 7.58. The first-order valence-corrected chi connectivity index (χ1v) is 13.9. The number of amides is 1. The lowest BCUT2D eigenvalue weighted by atomic mass is 9.93. The van der Waals surface area contributed by atoms with Gasteiger partial charge in [0, 0.05) is 5.56 Å². The van der Waals surface area contributed by atoms with Crippen molar-refractivity contribution in [2.75, 3.05) is 11.5 Å². The molecule has 1 saturated heterocycles. The lowest BCUT2D eigenvalue weighted by Gasteiger charge is -2.23. The van der Waals surface area contributed by atoms with Crippen molar-refractivity contribution in [1.29, 1.82) is 0 Å². The number of aliphatic hydroxyl groups excluding tert-OH is 1. The van der Waals surface area contributed by atoms with Gasteiger partial charge in [-0.1, -0.05) is 32.0 Å². The van der Waals surface area contributed by atoms with Gasteiger partial charge in [0.05, 0.1) is 35.4 Å². The summed E-state index contributed by atoms with van der Waals surface area (Å²) in [4.78, 5) is 36.5. The third-order valence-corrected chi connectivity index (χ3v) is 7.07. The van der Waals surface area contributed by atoms with Gasteiger partial charge in [0.1, 0.15) is 17.3 Å². The molecule has 5 rings (SSSR count). The average molecular weight is 554 g/mol. The number of Topliss-reactive ketones (excluding diaryl/α,β-unsaturated/α-hetero) is 1. The molecule has 2 heterocycles. The van der Waals surface area contributed by atoms with Gasteiger partial charge in [-0.25, -0.2) is 4.98 Å². The van der Waals surface area contributed by atoms with E-state index in [4.69, 9.17) is 9.47 Å². The van der Waals surface area contributed by atoms with Crippen LogP contribution in [0.3, 0.4) is 0 Å². The number of fused-ring (bicyclic) bond motifs is 1. The van der Waals surface area contributed by atoms with Crippen LogP contribution in [0.2, 0.25) is 0 Å². The molecule has 41 heavy (non-hydrogen) atoms. The lowest BCUT2D eigenvalue weighted by molar-refractivity contribution is -0.132. The van der Waals surface area contributed by atoms with Crippen molar-refractivity contribution in [1.82, 2.24) is 9.97 Å². The van der Waals surface area contributed by atoms with E-state index < -0.39 is 17.7 Å². The van der Waals surface area contributed by atoms with Crippen molar-refractivity contribution in [2.45, 2.75) is 59.6 Å². The van der Waals surface area contributed by atoms with Gasteiger partial charge in [0.2, 0.25) is 5.95 Å². The van der Waals surface area contributed by atoms with Crippen LogP contribution in [0.4, 0.5) is 5.95 Å². The zero-order valence-electron chi connectivity index (χ0n) is 24.2. The first kappa shape index (κ1) is 28.0. The van der Waals surface area contributed by atoms with Gasteiger partial charge in [-0.05, 0) is 92.8 Å². The number of anilines is 1. The maximum atomic E-state index is 13.7. The molecular weight excluding hydrogens is 518 g/mol. The summed E-state index contributed by atoms with van der Waals surface area (Å²) in [6, 6.07) is 17.3. The average Bonchev–Trinajstić information content (AvgIpc) is 3.46. The molecule has 212 valence electrons. The minimum atomic E-state index is -0.918. The summed E-state index contributed by atoms with van der Waals surface area (Å²) >= 11 is 0. The highest BCUT2D eigenvalue weighted by Crippen LogP contribution is 2.43. The predicted molar refractivity (Wildman–Crippen MR) is 160 cm³/mol. The van der Waals surface area contributed by atoms with Crippen LogP contribution in [0, 0.1) is 6.92 Å². The number of benzene rings is 3. The van der Waals surface area contributed by atoms with E-state index in [1.807, 2.05) is 65.8 Å². The number of nitrogens with zero attached hydrogens (tertiary/aromatic N) is 2. The second kappa shape index (κ2) is 11.1. The number of carbonyl (C=O) groups excluding carboxylic acids is 2. The molecule has 1 fully saturated rings. The molecule has 4 aromatic rings. The Balaban J connectivity index is 1.69. The standard InChI is InChI=1S/C33H35N3O5/c1-7-40-27-15-11-22(17-24(27)18(2)3)30(37)28-29(21-9-12-23(13-10-21)41-19(4)5)36(32(39)31(28)38)33-34-25-14-8-20(6)16-26(25)35-33/h8-19,29,37H,7H2,1-6H3,(H,34,35)/b30-28+. The number of aromatic amines is 1. The zero-order chi connectivity index (χ0) is 29.4. The summed E-state index contributed by atoms with van der Waals surface area (Å²) in [5.74, 6) is -0.0991. The minimum absolute atomic E-state index is 0.0111. The topological polar surface area (TPSA) is 105 Å². The highest BCUT2D eigenvalue weighted by Gasteiger charge is 2.48. The molecule has 1 amide bonds. The molecule has 1 atom stereocenters. The highest BCUT2D eigenvalue weighted by atomic mass is 16.5. The van der Waals surface area contributed by atoms with Gasteiger partial charge in [0.25, 0.3) is 5.78 Å². The van der Waals surface area contributed by atoms with Crippen LogP contribution in [0.15, 0.2) is 66.2 Å². The van der Waals surface area contributed by atoms with E-state index >= 15 is 0 Å². The van der Waals surface area contributed by atoms with E-state index in [0.29, 0.717) is 29.0 Å². The second-order valence-corrected chi connectivity index (χ2v) is 10.8. The molecule has 8 nitrogen and oxygen atoms in total. The molecule has 0 spiro atoms. The third-order valence-electron chi connectivity index (χ3n) is 7.07. The van der Waals surface area contributed by atoms with Crippen LogP contribution >= 0.6 is 0 Å². The molecule has 1 aliphatic heterocycles. The normalized spacial score (nSPS) is 16.8. The van der Waals surface area contributed by atoms with Gasteiger partial charge in [-0.15, -0.1) is 0 Å². The van der Waals surface area contributed by atoms with Crippen LogP contribution in [0.1, 0.15) is 68.8 Å². The Morgan fingerprint density at radius 2 is 1.76 bits per heavy atom. The van der Waals surface area contributed by atoms with Crippen molar-refractivity contribution >= 4 is 34.4 Å². The molecule has 1 aliphatic rings. The highest BCUT2D eigenvalue weighted by molar-refractivity contribution is 6.51. The van der Waals surface area contributed by atoms with E-state index in [0.717, 1.165) is 22.4 Å². The van der Waals surface area contributed by atoms with E-state index in [1.165, 1.54) is 4.90 Å². The van der Waals surface area contributed by atoms with Crippen LogP contribution in [0.25, 0.3) is 16.8 Å². The Morgan fingerprint density at radius 3 is 2.41 bits per heavy atom. The molecule has 0 radical (unpaired) electrons. The molecular formula is C33H35N3O5. The molecule has 1 unspecified atom stereocenters. The van der Waals surface area contributed by atoms with Crippen LogP contribution < -0.4 is 14.4 Å². The van der Waals surface area contributed by atoms with Crippen LogP contribution in [0.5, 0.6) is 11.5 Å². The Labute approximate surface area is 239 Å². The summed E-state index contributed by atoms with van der Waals surface area (Å²) in [6.45, 7) is 12.3. The SMILES string of the molecule is CCOc1ccc(/C(O)=C2\C(=O)C(=O)N(c3nc4ccc(C)cc4[nH]3)C2c2ccc(OC(C)C)cc2)cc1C(C)C. The number of carbonyl (C=O) groups is 2. The van der Waals surface area contributed by atoms with Gasteiger partial charge in [-0.3, -0.25) is 14.5 Å². The number of ether oxygens (including phenoxy) is 2. The van der Waals surface area contributed by atoms with Gasteiger partial charge in [-0.2, -0.15) is 0 Å². The number of aromatic nitrogens is 2. The summed E-state index contributed by atoms with van der Waals surface area (Å²) in [5, 5.41) is 11.7. The summed E-state index contributed by atoms with van der Waals surface area (Å²) in [7, 11) is 0. The fraction of sp³-hybridized carbons (Fsp3) is 0.303. The molecule has 0 bridgehead atoms. The monoisotopic (exact) mass is 553 g/mol. The third kappa shape index (κ3) is 5.29. The number of rotatable bonds is 8. The lowest BCUT2D eigenvalue weighted by Crippen LogP contribution is -2.30. The smallest absolute Gasteiger partial charge is 0.302 e. The first-order chi connectivity index (χ1) is 19.6. The molecule has 8 heteroatoms. The fourth-order valence-corrected chi connectivity index (χ4v) is 5.18. The number of hydrogen-bond acceptors (Lipinski definition) is 6. The quantitative estimate of drug-likeness (QED) is 0.141. The van der Waals surface area contributed by atoms with E-state index in [2.05, 4.69) is 9.97 Å². The number of ketones is 1. The van der Waals surface area contributed by atoms with Crippen molar-refractivity contribution in [3.8, 4) is 11.5 Å². The number of H-pyrrole nitrogens is 1. The maximum Gasteiger partial charge on any atom is 0.302 e. The molecule has 3 aromatic carbocycles. The first-order valence-electron chi connectivity index (χ1n) is 13.9. The predicted octanol–water partition coefficient (Wildman–Crippen LogP) is 6.81. The maximum absolute atomic E-state index is 13.7. The van der Waals surface area contributed by atoms with Crippen molar-refractivity contribution in [2.24, 2.45) is 0 Å². The van der Waals surface area contributed by atoms with Crippen molar-refractivity contribution < 1.29 is 24.2 Å². The van der Waals surface area contributed by atoms with Crippen LogP contribution in [-0.4, -0.2) is 39.5 Å². The summed E-state index contributed by atoms with van der Waals surface area (Å²) in [5.41, 5.74) is 4.39. The molecule has 0 aliphatic carbocycles. The van der Waals surface area contributed by atoms with E-state index in [-0.39, 0.29) is 29.3 Å². The fourth-order valence-electron chi connectivity index (χ4n) is 5.18. The van der Waals surface area contributed by atoms with E-state index in [9.17, 15) is 14.7 Å². The molecule has 2 N–H and O–H groups in total. The number of aliphatic hydroxyl groups is 1. The van der Waals surface area contributed by atoms with Crippen molar-refractivity contribution in [3.63, 3.8) is 0 Å². The minimum Gasteiger partial charge on any atom is -0.507 e.